The van der Waals surface area contributed by atoms with Gasteiger partial charge in [-0.1, -0.05) is 0 Å². The van der Waals surface area contributed by atoms with Crippen molar-refractivity contribution in [2.24, 2.45) is 0 Å². The minimum atomic E-state index is -1.08. The van der Waals surface area contributed by atoms with Crippen LogP contribution < -0.4 is 4.74 Å². The summed E-state index contributed by atoms with van der Waals surface area (Å²) in [5.41, 5.74) is 0.442. The van der Waals surface area contributed by atoms with Crippen LogP contribution in [0.15, 0.2) is 18.3 Å². The van der Waals surface area contributed by atoms with Crippen molar-refractivity contribution in [3.63, 3.8) is 0 Å². The fraction of sp³-hybridized carbons (Fsp3) is 0.125. The summed E-state index contributed by atoms with van der Waals surface area (Å²) in [6, 6.07) is 3.26. The van der Waals surface area contributed by atoms with Gasteiger partial charge in [-0.05, 0) is 12.1 Å². The standard InChI is InChI=1S/C8H7N3O3/c1-14-7-6(8(12)13)5-3-2-4-9-11(5)10-7/h2-4H,1H3,(H,12,13). The van der Waals surface area contributed by atoms with Crippen LogP contribution in [0.25, 0.3) is 5.52 Å². The van der Waals surface area contributed by atoms with Crippen LogP contribution in [0.5, 0.6) is 5.88 Å². The number of rotatable bonds is 2. The lowest BCUT2D eigenvalue weighted by atomic mass is 10.3. The molecule has 0 radical (unpaired) electrons. The zero-order valence-electron chi connectivity index (χ0n) is 7.34. The van der Waals surface area contributed by atoms with Crippen molar-refractivity contribution in [3.8, 4) is 5.88 Å². The van der Waals surface area contributed by atoms with E-state index in [2.05, 4.69) is 10.2 Å². The summed E-state index contributed by atoms with van der Waals surface area (Å²) in [7, 11) is 1.37. The van der Waals surface area contributed by atoms with Gasteiger partial charge in [0.25, 0.3) is 0 Å². The minimum absolute atomic E-state index is 0.0283. The molecule has 0 aliphatic carbocycles. The zero-order valence-corrected chi connectivity index (χ0v) is 7.34. The van der Waals surface area contributed by atoms with E-state index in [-0.39, 0.29) is 11.4 Å². The van der Waals surface area contributed by atoms with Gasteiger partial charge in [0.2, 0.25) is 5.88 Å². The van der Waals surface area contributed by atoms with E-state index in [1.807, 2.05) is 0 Å². The second-order valence-electron chi connectivity index (χ2n) is 2.59. The van der Waals surface area contributed by atoms with Crippen molar-refractivity contribution in [3.05, 3.63) is 23.9 Å². The molecule has 0 aromatic carbocycles. The number of ether oxygens (including phenoxy) is 1. The lowest BCUT2D eigenvalue weighted by molar-refractivity contribution is 0.0695. The van der Waals surface area contributed by atoms with Crippen LogP contribution >= 0.6 is 0 Å². The van der Waals surface area contributed by atoms with E-state index in [4.69, 9.17) is 9.84 Å². The van der Waals surface area contributed by atoms with Crippen molar-refractivity contribution in [2.45, 2.75) is 0 Å². The summed E-state index contributed by atoms with van der Waals surface area (Å²) in [5, 5.41) is 16.6. The molecule has 6 nitrogen and oxygen atoms in total. The molecule has 0 bridgehead atoms. The van der Waals surface area contributed by atoms with Gasteiger partial charge in [0, 0.05) is 6.20 Å². The molecular formula is C8H7N3O3. The number of carboxylic acid groups (broad SMARTS) is 1. The molecule has 0 aliphatic heterocycles. The number of aromatic nitrogens is 3. The van der Waals surface area contributed by atoms with E-state index >= 15 is 0 Å². The van der Waals surface area contributed by atoms with Crippen LogP contribution in [0.2, 0.25) is 0 Å². The summed E-state index contributed by atoms with van der Waals surface area (Å²) >= 11 is 0. The summed E-state index contributed by atoms with van der Waals surface area (Å²) in [5.74, 6) is -1.01. The van der Waals surface area contributed by atoms with Crippen molar-refractivity contribution < 1.29 is 14.6 Å². The van der Waals surface area contributed by atoms with Crippen LogP contribution in [-0.2, 0) is 0 Å². The predicted octanol–water partition coefficient (Wildman–Crippen LogP) is 0.436. The van der Waals surface area contributed by atoms with Crippen LogP contribution in [-0.4, -0.2) is 33.0 Å². The molecule has 2 aromatic heterocycles. The smallest absolute Gasteiger partial charge is 0.343 e. The maximum absolute atomic E-state index is 10.9. The Bertz CT molecular complexity index is 492. The highest BCUT2D eigenvalue weighted by Crippen LogP contribution is 2.20. The van der Waals surface area contributed by atoms with Gasteiger partial charge in [-0.3, -0.25) is 0 Å². The van der Waals surface area contributed by atoms with Crippen molar-refractivity contribution in [2.75, 3.05) is 7.11 Å². The molecule has 6 heteroatoms. The molecule has 2 heterocycles. The fourth-order valence-corrected chi connectivity index (χ4v) is 1.22. The van der Waals surface area contributed by atoms with Gasteiger partial charge >= 0.3 is 5.97 Å². The number of nitrogens with zero attached hydrogens (tertiary/aromatic N) is 3. The predicted molar refractivity (Wildman–Crippen MR) is 46.5 cm³/mol. The van der Waals surface area contributed by atoms with Crippen LogP contribution in [0, 0.1) is 0 Å². The lowest BCUT2D eigenvalue weighted by Gasteiger charge is -1.93. The molecule has 0 amide bonds. The maximum atomic E-state index is 10.9. The number of aromatic carboxylic acids is 1. The van der Waals surface area contributed by atoms with Crippen LogP contribution in [0.1, 0.15) is 10.4 Å². The Balaban J connectivity index is 2.81. The summed E-state index contributed by atoms with van der Waals surface area (Å²) < 4.78 is 6.06. The van der Waals surface area contributed by atoms with E-state index in [0.29, 0.717) is 5.52 Å². The third-order valence-electron chi connectivity index (χ3n) is 1.79. The molecule has 0 atom stereocenters. The van der Waals surface area contributed by atoms with Crippen LogP contribution in [0.3, 0.4) is 0 Å². The van der Waals surface area contributed by atoms with Gasteiger partial charge < -0.3 is 9.84 Å². The minimum Gasteiger partial charge on any atom is -0.479 e. The topological polar surface area (TPSA) is 76.7 Å². The quantitative estimate of drug-likeness (QED) is 0.748. The highest BCUT2D eigenvalue weighted by molar-refractivity contribution is 5.98. The molecule has 14 heavy (non-hydrogen) atoms. The lowest BCUT2D eigenvalue weighted by Crippen LogP contribution is -1.98. The Morgan fingerprint density at radius 2 is 2.43 bits per heavy atom. The van der Waals surface area contributed by atoms with Gasteiger partial charge in [0.15, 0.2) is 5.56 Å². The number of fused-ring (bicyclic) bond motifs is 1. The van der Waals surface area contributed by atoms with Crippen molar-refractivity contribution >= 4 is 11.5 Å². The second-order valence-corrected chi connectivity index (χ2v) is 2.59. The molecule has 0 aliphatic rings. The molecule has 0 saturated carbocycles. The molecule has 0 unspecified atom stereocenters. The van der Waals surface area contributed by atoms with E-state index < -0.39 is 5.97 Å². The van der Waals surface area contributed by atoms with Gasteiger partial charge in [-0.15, -0.1) is 9.73 Å². The Morgan fingerprint density at radius 3 is 3.07 bits per heavy atom. The molecular weight excluding hydrogens is 186 g/mol. The Hall–Kier alpha value is -2.11. The molecule has 0 spiro atoms. The second kappa shape index (κ2) is 2.99. The van der Waals surface area contributed by atoms with Gasteiger partial charge in [0.05, 0.1) is 7.11 Å². The Labute approximate surface area is 78.7 Å². The first-order chi connectivity index (χ1) is 6.74. The first kappa shape index (κ1) is 8.49. The van der Waals surface area contributed by atoms with E-state index in [0.717, 1.165) is 0 Å². The molecule has 0 fully saturated rings. The van der Waals surface area contributed by atoms with Crippen molar-refractivity contribution in [1.29, 1.82) is 0 Å². The van der Waals surface area contributed by atoms with Gasteiger partial charge in [0.1, 0.15) is 5.52 Å². The van der Waals surface area contributed by atoms with Gasteiger partial charge in [-0.2, -0.15) is 5.10 Å². The average Bonchev–Trinajstić information content (AvgIpc) is 2.55. The fourth-order valence-electron chi connectivity index (χ4n) is 1.22. The molecule has 72 valence electrons. The Kier molecular flexibility index (Phi) is 1.81. The molecule has 2 aromatic rings. The third kappa shape index (κ3) is 1.08. The normalized spacial score (nSPS) is 10.4. The number of carboxylic acids is 1. The van der Waals surface area contributed by atoms with E-state index in [1.165, 1.54) is 17.9 Å². The largest absolute Gasteiger partial charge is 0.479 e. The Morgan fingerprint density at radius 1 is 1.64 bits per heavy atom. The van der Waals surface area contributed by atoms with E-state index in [1.54, 1.807) is 12.1 Å². The number of carbonyl (C=O) groups is 1. The van der Waals surface area contributed by atoms with Gasteiger partial charge in [-0.25, -0.2) is 4.79 Å². The number of hydrogen-bond donors (Lipinski definition) is 1. The van der Waals surface area contributed by atoms with Crippen LogP contribution in [0.4, 0.5) is 0 Å². The zero-order chi connectivity index (χ0) is 10.1. The number of methoxy groups -OCH3 is 1. The summed E-state index contributed by atoms with van der Waals surface area (Å²) in [4.78, 5) is 10.9. The molecule has 0 saturated heterocycles. The monoisotopic (exact) mass is 193 g/mol. The van der Waals surface area contributed by atoms with Crippen molar-refractivity contribution in [1.82, 2.24) is 14.8 Å². The van der Waals surface area contributed by atoms with E-state index in [9.17, 15) is 4.79 Å². The highest BCUT2D eigenvalue weighted by Gasteiger charge is 2.19. The molecule has 2 rings (SSSR count). The number of hydrogen-bond acceptors (Lipinski definition) is 4. The first-order valence-corrected chi connectivity index (χ1v) is 3.85. The highest BCUT2D eigenvalue weighted by atomic mass is 16.5. The third-order valence-corrected chi connectivity index (χ3v) is 1.79. The summed E-state index contributed by atoms with van der Waals surface area (Å²) in [6.07, 6.45) is 1.52. The SMILES string of the molecule is COc1nn2ncccc2c1C(=O)O. The maximum Gasteiger partial charge on any atom is 0.343 e. The molecule has 1 N–H and O–H groups in total. The summed E-state index contributed by atoms with van der Waals surface area (Å²) in [6.45, 7) is 0. The average molecular weight is 193 g/mol. The first-order valence-electron chi connectivity index (χ1n) is 3.85.